The molecule has 5 heteroatoms. The zero-order valence-electron chi connectivity index (χ0n) is 8.54. The Kier molecular flexibility index (Phi) is 3.14. The summed E-state index contributed by atoms with van der Waals surface area (Å²) >= 11 is 3.22. The van der Waals surface area contributed by atoms with Crippen molar-refractivity contribution in [1.29, 1.82) is 0 Å². The Labute approximate surface area is 101 Å². The lowest BCUT2D eigenvalue weighted by Crippen LogP contribution is -2.34. The molecule has 0 fully saturated rings. The molecule has 0 unspecified atom stereocenters. The quantitative estimate of drug-likeness (QED) is 0.908. The second kappa shape index (κ2) is 4.41. The minimum absolute atomic E-state index is 0.0805. The highest BCUT2D eigenvalue weighted by Gasteiger charge is 2.22. The topological polar surface area (TPSA) is 40.5 Å². The molecule has 0 bridgehead atoms. The molecule has 1 aromatic rings. The van der Waals surface area contributed by atoms with Gasteiger partial charge in [0, 0.05) is 22.3 Å². The van der Waals surface area contributed by atoms with Crippen molar-refractivity contribution in [1.82, 2.24) is 0 Å². The monoisotopic (exact) mass is 287 g/mol. The molecular formula is C11H11BrFNO2. The summed E-state index contributed by atoms with van der Waals surface area (Å²) in [6.07, 6.45) is 1.46. The van der Waals surface area contributed by atoms with E-state index < -0.39 is 5.97 Å². The van der Waals surface area contributed by atoms with Crippen LogP contribution in [0.15, 0.2) is 16.6 Å². The van der Waals surface area contributed by atoms with Crippen LogP contribution >= 0.6 is 15.9 Å². The van der Waals surface area contributed by atoms with Gasteiger partial charge in [-0.15, -0.1) is 0 Å². The van der Waals surface area contributed by atoms with Gasteiger partial charge < -0.3 is 10.0 Å². The standard InChI is InChI=1S/C11H11BrFNO2/c12-7-4-9(13)8-2-1-3-14(6-11(15)16)10(8)5-7/h4-5H,1-3,6H2,(H,15,16). The molecule has 0 aromatic heterocycles. The molecule has 0 radical (unpaired) electrons. The fourth-order valence-corrected chi connectivity index (χ4v) is 2.43. The van der Waals surface area contributed by atoms with Crippen molar-refractivity contribution in [3.05, 3.63) is 28.0 Å². The maximum absolute atomic E-state index is 13.6. The molecule has 1 aliphatic heterocycles. The molecular weight excluding hydrogens is 277 g/mol. The van der Waals surface area contributed by atoms with E-state index in [0.717, 1.165) is 6.42 Å². The molecule has 0 atom stereocenters. The fraction of sp³-hybridized carbons (Fsp3) is 0.364. The first-order chi connectivity index (χ1) is 7.58. The highest BCUT2D eigenvalue weighted by atomic mass is 79.9. The second-order valence-corrected chi connectivity index (χ2v) is 4.72. The molecule has 0 saturated heterocycles. The minimum atomic E-state index is -0.895. The average Bonchev–Trinajstić information content (AvgIpc) is 2.18. The average molecular weight is 288 g/mol. The molecule has 1 aromatic carbocycles. The van der Waals surface area contributed by atoms with Gasteiger partial charge >= 0.3 is 5.97 Å². The van der Waals surface area contributed by atoms with E-state index in [1.54, 1.807) is 11.0 Å². The summed E-state index contributed by atoms with van der Waals surface area (Å²) in [6, 6.07) is 3.20. The van der Waals surface area contributed by atoms with Crippen LogP contribution < -0.4 is 4.90 Å². The third-order valence-corrected chi connectivity index (χ3v) is 3.12. The number of carboxylic acids is 1. The van der Waals surface area contributed by atoms with Gasteiger partial charge in [-0.1, -0.05) is 15.9 Å². The highest BCUT2D eigenvalue weighted by molar-refractivity contribution is 9.10. The van der Waals surface area contributed by atoms with E-state index >= 15 is 0 Å². The van der Waals surface area contributed by atoms with Crippen LogP contribution in [-0.2, 0) is 11.2 Å². The van der Waals surface area contributed by atoms with Crippen molar-refractivity contribution in [3.63, 3.8) is 0 Å². The Bertz CT molecular complexity index is 436. The first-order valence-electron chi connectivity index (χ1n) is 5.02. The maximum Gasteiger partial charge on any atom is 0.323 e. The summed E-state index contributed by atoms with van der Waals surface area (Å²) in [5.41, 5.74) is 1.32. The van der Waals surface area contributed by atoms with Gasteiger partial charge in [0.2, 0.25) is 0 Å². The Hall–Kier alpha value is -1.10. The lowest BCUT2D eigenvalue weighted by atomic mass is 10.0. The molecule has 16 heavy (non-hydrogen) atoms. The molecule has 3 nitrogen and oxygen atoms in total. The number of hydrogen-bond acceptors (Lipinski definition) is 2. The van der Waals surface area contributed by atoms with E-state index in [2.05, 4.69) is 15.9 Å². The van der Waals surface area contributed by atoms with E-state index in [1.165, 1.54) is 6.07 Å². The van der Waals surface area contributed by atoms with Crippen molar-refractivity contribution >= 4 is 27.6 Å². The number of hydrogen-bond donors (Lipinski definition) is 1. The van der Waals surface area contributed by atoms with E-state index in [0.29, 0.717) is 28.7 Å². The summed E-state index contributed by atoms with van der Waals surface area (Å²) in [7, 11) is 0. The van der Waals surface area contributed by atoms with Crippen molar-refractivity contribution in [2.45, 2.75) is 12.8 Å². The van der Waals surface area contributed by atoms with Crippen LogP contribution in [0.3, 0.4) is 0 Å². The van der Waals surface area contributed by atoms with Crippen molar-refractivity contribution in [2.24, 2.45) is 0 Å². The number of anilines is 1. The first-order valence-corrected chi connectivity index (χ1v) is 5.82. The van der Waals surface area contributed by atoms with Crippen LogP contribution in [0.4, 0.5) is 10.1 Å². The molecule has 2 rings (SSSR count). The molecule has 0 saturated carbocycles. The molecule has 1 heterocycles. The predicted molar refractivity (Wildman–Crippen MR) is 62.3 cm³/mol. The van der Waals surface area contributed by atoms with Crippen LogP contribution in [0.25, 0.3) is 0 Å². The number of carboxylic acid groups (broad SMARTS) is 1. The highest BCUT2D eigenvalue weighted by Crippen LogP contribution is 2.32. The van der Waals surface area contributed by atoms with Crippen LogP contribution in [0.5, 0.6) is 0 Å². The van der Waals surface area contributed by atoms with Crippen molar-refractivity contribution < 1.29 is 14.3 Å². The number of halogens is 2. The Balaban J connectivity index is 2.41. The smallest absolute Gasteiger partial charge is 0.323 e. The molecule has 0 spiro atoms. The lowest BCUT2D eigenvalue weighted by molar-refractivity contribution is -0.135. The summed E-state index contributed by atoms with van der Waals surface area (Å²) in [5.74, 6) is -1.16. The number of aliphatic carboxylic acids is 1. The Morgan fingerprint density at radius 2 is 2.31 bits per heavy atom. The van der Waals surface area contributed by atoms with Crippen LogP contribution in [0, 0.1) is 5.82 Å². The zero-order valence-corrected chi connectivity index (χ0v) is 10.1. The fourth-order valence-electron chi connectivity index (χ4n) is 2.01. The molecule has 0 amide bonds. The summed E-state index contributed by atoms with van der Waals surface area (Å²) in [6.45, 7) is 0.581. The Morgan fingerprint density at radius 1 is 1.56 bits per heavy atom. The third-order valence-electron chi connectivity index (χ3n) is 2.66. The number of benzene rings is 1. The van der Waals surface area contributed by atoms with Crippen molar-refractivity contribution in [2.75, 3.05) is 18.0 Å². The largest absolute Gasteiger partial charge is 0.480 e. The number of nitrogens with zero attached hydrogens (tertiary/aromatic N) is 1. The van der Waals surface area contributed by atoms with Gasteiger partial charge in [-0.05, 0) is 25.0 Å². The number of fused-ring (bicyclic) bond motifs is 1. The molecule has 0 aliphatic carbocycles. The summed E-state index contributed by atoms with van der Waals surface area (Å²) < 4.78 is 14.3. The van der Waals surface area contributed by atoms with Gasteiger partial charge in [-0.3, -0.25) is 4.79 Å². The van der Waals surface area contributed by atoms with Crippen LogP contribution in [0.2, 0.25) is 0 Å². The van der Waals surface area contributed by atoms with Gasteiger partial charge in [0.15, 0.2) is 0 Å². The normalized spacial score (nSPS) is 14.8. The van der Waals surface area contributed by atoms with Gasteiger partial charge in [0.1, 0.15) is 12.4 Å². The van der Waals surface area contributed by atoms with E-state index in [4.69, 9.17) is 5.11 Å². The van der Waals surface area contributed by atoms with E-state index in [-0.39, 0.29) is 12.4 Å². The van der Waals surface area contributed by atoms with Gasteiger partial charge in [0.05, 0.1) is 0 Å². The van der Waals surface area contributed by atoms with Crippen LogP contribution in [0.1, 0.15) is 12.0 Å². The van der Waals surface area contributed by atoms with Crippen LogP contribution in [-0.4, -0.2) is 24.2 Å². The number of rotatable bonds is 2. The maximum atomic E-state index is 13.6. The van der Waals surface area contributed by atoms with E-state index in [1.807, 2.05) is 0 Å². The van der Waals surface area contributed by atoms with Gasteiger partial charge in [-0.2, -0.15) is 0 Å². The van der Waals surface area contributed by atoms with Crippen molar-refractivity contribution in [3.8, 4) is 0 Å². The zero-order chi connectivity index (χ0) is 11.7. The molecule has 86 valence electrons. The lowest BCUT2D eigenvalue weighted by Gasteiger charge is -2.30. The number of carbonyl (C=O) groups is 1. The first kappa shape index (κ1) is 11.4. The third kappa shape index (κ3) is 2.19. The predicted octanol–water partition coefficient (Wildman–Crippen LogP) is 2.43. The van der Waals surface area contributed by atoms with Gasteiger partial charge in [0.25, 0.3) is 0 Å². The molecule has 1 aliphatic rings. The van der Waals surface area contributed by atoms with Gasteiger partial charge in [-0.25, -0.2) is 4.39 Å². The minimum Gasteiger partial charge on any atom is -0.480 e. The molecule has 1 N–H and O–H groups in total. The summed E-state index contributed by atoms with van der Waals surface area (Å²) in [5, 5.41) is 8.78. The SMILES string of the molecule is O=C(O)CN1CCCc2c(F)cc(Br)cc21. The van der Waals surface area contributed by atoms with E-state index in [9.17, 15) is 9.18 Å². The summed E-state index contributed by atoms with van der Waals surface area (Å²) in [4.78, 5) is 12.4. The Morgan fingerprint density at radius 3 is 3.00 bits per heavy atom. The second-order valence-electron chi connectivity index (χ2n) is 3.80.